The van der Waals surface area contributed by atoms with Crippen molar-refractivity contribution in [2.45, 2.75) is 13.8 Å². The minimum atomic E-state index is -0.496. The lowest BCUT2D eigenvalue weighted by Gasteiger charge is -2.08. The summed E-state index contributed by atoms with van der Waals surface area (Å²) >= 11 is 0. The second-order valence-corrected chi connectivity index (χ2v) is 4.86. The quantitative estimate of drug-likeness (QED) is 0.849. The van der Waals surface area contributed by atoms with Gasteiger partial charge in [-0.2, -0.15) is 0 Å². The zero-order valence-corrected chi connectivity index (χ0v) is 12.5. The molecule has 2 aromatic rings. The Morgan fingerprint density at radius 2 is 1.77 bits per heavy atom. The second kappa shape index (κ2) is 6.26. The van der Waals surface area contributed by atoms with Crippen LogP contribution in [0.1, 0.15) is 32.0 Å². The first-order valence-corrected chi connectivity index (χ1v) is 6.62. The fourth-order valence-electron chi connectivity index (χ4n) is 2.14. The molecule has 2 rings (SSSR count). The maximum absolute atomic E-state index is 12.2. The normalized spacial score (nSPS) is 10.1. The van der Waals surface area contributed by atoms with Gasteiger partial charge in [0.1, 0.15) is 5.56 Å². The number of carbonyl (C=O) groups excluding carboxylic acids is 2. The van der Waals surface area contributed by atoms with E-state index in [0.717, 1.165) is 0 Å². The van der Waals surface area contributed by atoms with E-state index >= 15 is 0 Å². The molecule has 1 aromatic carbocycles. The molecule has 0 bridgehead atoms. The lowest BCUT2D eigenvalue weighted by molar-refractivity contribution is 0.0600. The summed E-state index contributed by atoms with van der Waals surface area (Å²) in [6.07, 6.45) is 0. The van der Waals surface area contributed by atoms with Gasteiger partial charge in [0.2, 0.25) is 0 Å². The summed E-state index contributed by atoms with van der Waals surface area (Å²) in [5, 5.41) is 2.63. The summed E-state index contributed by atoms with van der Waals surface area (Å²) in [7, 11) is 1.30. The maximum atomic E-state index is 12.2. The van der Waals surface area contributed by atoms with Gasteiger partial charge in [0.25, 0.3) is 11.5 Å². The third kappa shape index (κ3) is 3.22. The SMILES string of the molecule is COC(=O)c1ccc(NC(=O)c2c(C)cc(C)[nH]c2=O)cc1. The number of carbonyl (C=O) groups is 2. The van der Waals surface area contributed by atoms with Crippen molar-refractivity contribution in [2.75, 3.05) is 12.4 Å². The van der Waals surface area contributed by atoms with Crippen LogP contribution in [0.2, 0.25) is 0 Å². The topological polar surface area (TPSA) is 88.3 Å². The van der Waals surface area contributed by atoms with Gasteiger partial charge in [0.05, 0.1) is 12.7 Å². The van der Waals surface area contributed by atoms with Gasteiger partial charge in [-0.15, -0.1) is 0 Å². The molecule has 0 atom stereocenters. The van der Waals surface area contributed by atoms with E-state index in [0.29, 0.717) is 22.5 Å². The maximum Gasteiger partial charge on any atom is 0.337 e. The van der Waals surface area contributed by atoms with Gasteiger partial charge in [-0.3, -0.25) is 9.59 Å². The highest BCUT2D eigenvalue weighted by atomic mass is 16.5. The van der Waals surface area contributed by atoms with E-state index in [1.165, 1.54) is 19.2 Å². The average Bonchev–Trinajstić information content (AvgIpc) is 2.46. The molecule has 0 fully saturated rings. The third-order valence-corrected chi connectivity index (χ3v) is 3.16. The molecule has 0 unspecified atom stereocenters. The number of aromatic amines is 1. The van der Waals surface area contributed by atoms with Crippen LogP contribution in [-0.4, -0.2) is 24.0 Å². The van der Waals surface area contributed by atoms with Crippen molar-refractivity contribution >= 4 is 17.6 Å². The predicted octanol–water partition coefficient (Wildman–Crippen LogP) is 2.03. The lowest BCUT2D eigenvalue weighted by atomic mass is 10.1. The summed E-state index contributed by atoms with van der Waals surface area (Å²) in [5.41, 5.74) is 1.80. The van der Waals surface area contributed by atoms with Crippen molar-refractivity contribution in [3.63, 3.8) is 0 Å². The highest BCUT2D eigenvalue weighted by molar-refractivity contribution is 6.05. The minimum absolute atomic E-state index is 0.0719. The lowest BCUT2D eigenvalue weighted by Crippen LogP contribution is -2.25. The smallest absolute Gasteiger partial charge is 0.337 e. The van der Waals surface area contributed by atoms with Gasteiger partial charge in [0.15, 0.2) is 0 Å². The number of hydrogen-bond donors (Lipinski definition) is 2. The Balaban J connectivity index is 2.23. The summed E-state index contributed by atoms with van der Waals surface area (Å²) in [5.74, 6) is -0.951. The number of benzene rings is 1. The Hall–Kier alpha value is -2.89. The van der Waals surface area contributed by atoms with Gasteiger partial charge in [0, 0.05) is 11.4 Å². The summed E-state index contributed by atoms with van der Waals surface area (Å²) in [4.78, 5) is 38.1. The minimum Gasteiger partial charge on any atom is -0.465 e. The Bertz CT molecular complexity index is 776. The Labute approximate surface area is 127 Å². The van der Waals surface area contributed by atoms with Gasteiger partial charge >= 0.3 is 5.97 Å². The van der Waals surface area contributed by atoms with E-state index in [1.54, 1.807) is 32.0 Å². The molecule has 0 aliphatic carbocycles. The first kappa shape index (κ1) is 15.5. The number of nitrogens with one attached hydrogen (secondary N) is 2. The number of rotatable bonds is 3. The standard InChI is InChI=1S/C16H16N2O4/c1-9-8-10(2)17-14(19)13(9)15(20)18-12-6-4-11(5-7-12)16(21)22-3/h4-8H,1-3H3,(H,17,19)(H,18,20). The summed E-state index contributed by atoms with van der Waals surface area (Å²) < 4.78 is 4.60. The van der Waals surface area contributed by atoms with Crippen molar-refractivity contribution < 1.29 is 14.3 Å². The summed E-state index contributed by atoms with van der Waals surface area (Å²) in [6, 6.07) is 7.95. The van der Waals surface area contributed by atoms with E-state index in [-0.39, 0.29) is 5.56 Å². The molecular weight excluding hydrogens is 284 g/mol. The number of aryl methyl sites for hydroxylation is 2. The second-order valence-electron chi connectivity index (χ2n) is 4.86. The number of hydrogen-bond acceptors (Lipinski definition) is 4. The van der Waals surface area contributed by atoms with Crippen LogP contribution < -0.4 is 10.9 Å². The van der Waals surface area contributed by atoms with Crippen molar-refractivity contribution in [1.82, 2.24) is 4.98 Å². The van der Waals surface area contributed by atoms with Crippen molar-refractivity contribution in [2.24, 2.45) is 0 Å². The molecule has 0 radical (unpaired) electrons. The number of pyridine rings is 1. The molecule has 6 nitrogen and oxygen atoms in total. The van der Waals surface area contributed by atoms with Crippen LogP contribution in [0.25, 0.3) is 0 Å². The zero-order valence-electron chi connectivity index (χ0n) is 12.5. The van der Waals surface area contributed by atoms with Crippen LogP contribution in [-0.2, 0) is 4.74 Å². The van der Waals surface area contributed by atoms with Crippen LogP contribution in [0.15, 0.2) is 35.1 Å². The van der Waals surface area contributed by atoms with Crippen LogP contribution in [0, 0.1) is 13.8 Å². The van der Waals surface area contributed by atoms with E-state index in [9.17, 15) is 14.4 Å². The fourth-order valence-corrected chi connectivity index (χ4v) is 2.14. The molecule has 0 saturated heterocycles. The monoisotopic (exact) mass is 300 g/mol. The Morgan fingerprint density at radius 1 is 1.14 bits per heavy atom. The Kier molecular flexibility index (Phi) is 4.41. The van der Waals surface area contributed by atoms with Gasteiger partial charge < -0.3 is 15.0 Å². The number of aromatic nitrogens is 1. The van der Waals surface area contributed by atoms with Gasteiger partial charge in [-0.05, 0) is 49.7 Å². The van der Waals surface area contributed by atoms with Crippen molar-refractivity contribution in [3.05, 3.63) is 63.1 Å². The Morgan fingerprint density at radius 3 is 2.32 bits per heavy atom. The number of H-pyrrole nitrogens is 1. The first-order chi connectivity index (χ1) is 10.4. The third-order valence-electron chi connectivity index (χ3n) is 3.16. The molecule has 114 valence electrons. The molecule has 0 saturated carbocycles. The number of esters is 1. The van der Waals surface area contributed by atoms with Crippen LogP contribution in [0.4, 0.5) is 5.69 Å². The highest BCUT2D eigenvalue weighted by Crippen LogP contribution is 2.12. The zero-order chi connectivity index (χ0) is 16.3. The molecule has 2 N–H and O–H groups in total. The van der Waals surface area contributed by atoms with Crippen LogP contribution in [0.3, 0.4) is 0 Å². The molecule has 1 aromatic heterocycles. The van der Waals surface area contributed by atoms with E-state index in [1.807, 2.05) is 0 Å². The predicted molar refractivity (Wildman–Crippen MR) is 82.3 cm³/mol. The molecule has 0 aliphatic rings. The molecule has 0 aliphatic heterocycles. The van der Waals surface area contributed by atoms with E-state index in [4.69, 9.17) is 0 Å². The summed E-state index contributed by atoms with van der Waals surface area (Å²) in [6.45, 7) is 3.46. The average molecular weight is 300 g/mol. The highest BCUT2D eigenvalue weighted by Gasteiger charge is 2.14. The first-order valence-electron chi connectivity index (χ1n) is 6.62. The number of ether oxygens (including phenoxy) is 1. The molecule has 22 heavy (non-hydrogen) atoms. The number of methoxy groups -OCH3 is 1. The molecular formula is C16H16N2O4. The molecule has 1 heterocycles. The van der Waals surface area contributed by atoms with Gasteiger partial charge in [-0.25, -0.2) is 4.79 Å². The van der Waals surface area contributed by atoms with Crippen molar-refractivity contribution in [3.8, 4) is 0 Å². The van der Waals surface area contributed by atoms with E-state index < -0.39 is 17.4 Å². The largest absolute Gasteiger partial charge is 0.465 e. The number of amides is 1. The van der Waals surface area contributed by atoms with Crippen LogP contribution >= 0.6 is 0 Å². The van der Waals surface area contributed by atoms with E-state index in [2.05, 4.69) is 15.0 Å². The number of anilines is 1. The fraction of sp³-hybridized carbons (Fsp3) is 0.188. The van der Waals surface area contributed by atoms with Gasteiger partial charge in [-0.1, -0.05) is 0 Å². The molecule has 1 amide bonds. The molecule has 6 heteroatoms. The van der Waals surface area contributed by atoms with Crippen molar-refractivity contribution in [1.29, 1.82) is 0 Å². The molecule has 0 spiro atoms. The van der Waals surface area contributed by atoms with Crippen LogP contribution in [0.5, 0.6) is 0 Å².